The van der Waals surface area contributed by atoms with Crippen LogP contribution in [0.4, 0.5) is 0 Å². The average molecular weight is 465 g/mol. The van der Waals surface area contributed by atoms with E-state index in [-0.39, 0.29) is 0 Å². The molecule has 0 fully saturated rings. The molecule has 2 aromatic rings. The van der Waals surface area contributed by atoms with Crippen molar-refractivity contribution in [1.29, 1.82) is 0 Å². The molecule has 0 atom stereocenters. The van der Waals surface area contributed by atoms with E-state index in [1.165, 1.54) is 51.4 Å². The van der Waals surface area contributed by atoms with Gasteiger partial charge in [0.25, 0.3) is 0 Å². The molecule has 4 nitrogen and oxygen atoms in total. The average Bonchev–Trinajstić information content (AvgIpc) is 2.89. The Bertz CT molecular complexity index is 781. The molecular weight excluding hydrogens is 420 g/mol. The number of hydrogen-bond acceptors (Lipinski definition) is 4. The van der Waals surface area contributed by atoms with Crippen molar-refractivity contribution in [2.24, 2.45) is 10.2 Å². The van der Waals surface area contributed by atoms with Gasteiger partial charge >= 0.3 is 0 Å². The lowest BCUT2D eigenvalue weighted by Crippen LogP contribution is -2.04. The summed E-state index contributed by atoms with van der Waals surface area (Å²) in [6.07, 6.45) is 14.3. The largest absolute Gasteiger partial charge is 0.497 e. The first-order valence-corrected chi connectivity index (χ1v) is 13.1. The Morgan fingerprint density at radius 1 is 0.529 bits per heavy atom. The Morgan fingerprint density at radius 3 is 1.21 bits per heavy atom. The molecule has 34 heavy (non-hydrogen) atoms. The van der Waals surface area contributed by atoms with E-state index in [9.17, 15) is 0 Å². The molecule has 0 saturated carbocycles. The Morgan fingerprint density at radius 2 is 0.882 bits per heavy atom. The van der Waals surface area contributed by atoms with Crippen LogP contribution in [0.2, 0.25) is 0 Å². The summed E-state index contributed by atoms with van der Waals surface area (Å²) < 4.78 is 10.7. The van der Waals surface area contributed by atoms with Crippen LogP contribution in [0.25, 0.3) is 0 Å². The van der Waals surface area contributed by atoms with Crippen LogP contribution in [0.1, 0.15) is 102 Å². The second kappa shape index (κ2) is 16.9. The maximum absolute atomic E-state index is 5.34. The van der Waals surface area contributed by atoms with E-state index in [0.29, 0.717) is 0 Å². The molecule has 0 aliphatic heterocycles. The maximum atomic E-state index is 5.34. The number of benzene rings is 2. The van der Waals surface area contributed by atoms with Crippen molar-refractivity contribution in [3.05, 3.63) is 59.7 Å². The van der Waals surface area contributed by atoms with Gasteiger partial charge in [-0.2, -0.15) is 10.2 Å². The van der Waals surface area contributed by atoms with Crippen LogP contribution < -0.4 is 9.47 Å². The molecule has 0 aliphatic carbocycles. The highest BCUT2D eigenvalue weighted by atomic mass is 16.5. The summed E-state index contributed by atoms with van der Waals surface area (Å²) in [6, 6.07) is 16.4. The smallest absolute Gasteiger partial charge is 0.118 e. The van der Waals surface area contributed by atoms with E-state index < -0.39 is 0 Å². The number of ether oxygens (including phenoxy) is 2. The zero-order valence-corrected chi connectivity index (χ0v) is 21.8. The molecule has 0 unspecified atom stereocenters. The third kappa shape index (κ3) is 10.1. The standard InChI is InChI=1S/C30H44N2O2/c1-5-7-9-11-13-15-29(25-17-21-27(33-3)22-18-25)31-32-30(16-14-12-10-8-6-2)26-19-23-28(34-4)24-20-26/h17-24H,5-16H2,1-4H3/b31-29-,32-30-. The van der Waals surface area contributed by atoms with Crippen LogP contribution in [-0.4, -0.2) is 25.6 Å². The van der Waals surface area contributed by atoms with E-state index in [2.05, 4.69) is 38.1 Å². The minimum atomic E-state index is 0.862. The molecule has 0 amide bonds. The molecule has 2 rings (SSSR count). The summed E-state index contributed by atoms with van der Waals surface area (Å²) in [7, 11) is 3.40. The van der Waals surface area contributed by atoms with Gasteiger partial charge in [0.2, 0.25) is 0 Å². The van der Waals surface area contributed by atoms with Crippen molar-refractivity contribution in [3.8, 4) is 11.5 Å². The third-order valence-corrected chi connectivity index (χ3v) is 6.17. The number of methoxy groups -OCH3 is 2. The highest BCUT2D eigenvalue weighted by Crippen LogP contribution is 2.18. The molecule has 0 spiro atoms. The summed E-state index contributed by atoms with van der Waals surface area (Å²) in [5, 5.41) is 9.67. The fraction of sp³-hybridized carbons (Fsp3) is 0.533. The quantitative estimate of drug-likeness (QED) is 0.134. The van der Waals surface area contributed by atoms with E-state index in [1.807, 2.05) is 24.3 Å². The lowest BCUT2D eigenvalue weighted by Gasteiger charge is -2.09. The molecule has 4 heteroatoms. The third-order valence-electron chi connectivity index (χ3n) is 6.17. The Kier molecular flexibility index (Phi) is 13.7. The normalized spacial score (nSPS) is 12.1. The topological polar surface area (TPSA) is 43.2 Å². The van der Waals surface area contributed by atoms with E-state index in [4.69, 9.17) is 19.7 Å². The van der Waals surface area contributed by atoms with Crippen LogP contribution >= 0.6 is 0 Å². The van der Waals surface area contributed by atoms with Crippen LogP contribution in [0.3, 0.4) is 0 Å². The molecule has 0 aliphatic rings. The minimum absolute atomic E-state index is 0.862. The van der Waals surface area contributed by atoms with Crippen molar-refractivity contribution in [3.63, 3.8) is 0 Å². The SMILES string of the molecule is CCCCCCC/C(=N/N=C(/CCCCCCC)c1ccc(OC)cc1)c1ccc(OC)cc1. The van der Waals surface area contributed by atoms with Gasteiger partial charge in [-0.1, -0.05) is 65.2 Å². The Hall–Kier alpha value is -2.62. The maximum Gasteiger partial charge on any atom is 0.118 e. The van der Waals surface area contributed by atoms with Gasteiger partial charge in [0.15, 0.2) is 0 Å². The molecule has 0 heterocycles. The summed E-state index contributed by atoms with van der Waals surface area (Å²) >= 11 is 0. The Balaban J connectivity index is 2.26. The summed E-state index contributed by atoms with van der Waals surface area (Å²) in [4.78, 5) is 0. The molecule has 0 N–H and O–H groups in total. The second-order valence-electron chi connectivity index (χ2n) is 8.88. The van der Waals surface area contributed by atoms with E-state index in [1.54, 1.807) is 14.2 Å². The van der Waals surface area contributed by atoms with E-state index >= 15 is 0 Å². The first-order valence-electron chi connectivity index (χ1n) is 13.1. The van der Waals surface area contributed by atoms with Gasteiger partial charge in [0, 0.05) is 0 Å². The van der Waals surface area contributed by atoms with Crippen molar-refractivity contribution < 1.29 is 9.47 Å². The lowest BCUT2D eigenvalue weighted by molar-refractivity contribution is 0.414. The van der Waals surface area contributed by atoms with Crippen molar-refractivity contribution in [2.45, 2.75) is 90.9 Å². The Labute approximate surface area is 207 Å². The molecule has 0 radical (unpaired) electrons. The van der Waals surface area contributed by atoms with Gasteiger partial charge in [-0.25, -0.2) is 0 Å². The fourth-order valence-corrected chi connectivity index (χ4v) is 3.98. The van der Waals surface area contributed by atoms with Crippen molar-refractivity contribution in [2.75, 3.05) is 14.2 Å². The number of rotatable bonds is 17. The molecule has 0 aromatic heterocycles. The van der Waals surface area contributed by atoms with Gasteiger partial charge in [-0.05, 0) is 85.3 Å². The first kappa shape index (κ1) is 27.6. The van der Waals surface area contributed by atoms with E-state index in [0.717, 1.165) is 59.7 Å². The van der Waals surface area contributed by atoms with Gasteiger partial charge in [0.05, 0.1) is 25.6 Å². The zero-order valence-electron chi connectivity index (χ0n) is 21.8. The number of nitrogens with zero attached hydrogens (tertiary/aromatic N) is 2. The zero-order chi connectivity index (χ0) is 24.4. The van der Waals surface area contributed by atoms with Gasteiger partial charge < -0.3 is 9.47 Å². The van der Waals surface area contributed by atoms with Gasteiger partial charge in [-0.15, -0.1) is 0 Å². The summed E-state index contributed by atoms with van der Waals surface area (Å²) in [6.45, 7) is 4.50. The molecule has 0 bridgehead atoms. The highest BCUT2D eigenvalue weighted by Gasteiger charge is 2.08. The van der Waals surface area contributed by atoms with Crippen LogP contribution in [0.5, 0.6) is 11.5 Å². The molecule has 2 aromatic carbocycles. The minimum Gasteiger partial charge on any atom is -0.497 e. The predicted molar refractivity (Wildman–Crippen MR) is 146 cm³/mol. The van der Waals surface area contributed by atoms with Crippen molar-refractivity contribution >= 4 is 11.4 Å². The second-order valence-corrected chi connectivity index (χ2v) is 8.88. The fourth-order valence-electron chi connectivity index (χ4n) is 3.98. The van der Waals surface area contributed by atoms with Crippen LogP contribution in [-0.2, 0) is 0 Å². The molecule has 0 saturated heterocycles. The number of hydrogen-bond donors (Lipinski definition) is 0. The van der Waals surface area contributed by atoms with Gasteiger partial charge in [0.1, 0.15) is 11.5 Å². The molecule has 186 valence electrons. The highest BCUT2D eigenvalue weighted by molar-refractivity contribution is 6.03. The monoisotopic (exact) mass is 464 g/mol. The van der Waals surface area contributed by atoms with Gasteiger partial charge in [-0.3, -0.25) is 0 Å². The number of unbranched alkanes of at least 4 members (excludes halogenated alkanes) is 8. The van der Waals surface area contributed by atoms with Crippen molar-refractivity contribution in [1.82, 2.24) is 0 Å². The summed E-state index contributed by atoms with van der Waals surface area (Å²) in [5.74, 6) is 1.72. The lowest BCUT2D eigenvalue weighted by atomic mass is 10.0. The van der Waals surface area contributed by atoms with Crippen LogP contribution in [0, 0.1) is 0 Å². The summed E-state index contributed by atoms with van der Waals surface area (Å²) in [5.41, 5.74) is 4.35. The first-order chi connectivity index (χ1) is 16.7. The molecular formula is C30H44N2O2. The predicted octanol–water partition coefficient (Wildman–Crippen LogP) is 8.62. The van der Waals surface area contributed by atoms with Crippen LogP contribution in [0.15, 0.2) is 58.7 Å².